The van der Waals surface area contributed by atoms with E-state index in [-0.39, 0.29) is 30.5 Å². The second kappa shape index (κ2) is 8.67. The van der Waals surface area contributed by atoms with Crippen LogP contribution in [0.4, 0.5) is 4.79 Å². The number of ether oxygens (including phenoxy) is 1. The molecule has 0 bridgehead atoms. The number of nitrogens with one attached hydrogen (secondary N) is 1. The van der Waals surface area contributed by atoms with Gasteiger partial charge in [-0.25, -0.2) is 9.59 Å². The van der Waals surface area contributed by atoms with E-state index in [1.54, 1.807) is 17.9 Å². The molecular formula is C27H24N2O5. The molecule has 1 atom stereocenters. The third-order valence-electron chi connectivity index (χ3n) is 6.57. The van der Waals surface area contributed by atoms with Crippen LogP contribution in [0.2, 0.25) is 0 Å². The first kappa shape index (κ1) is 21.7. The predicted molar refractivity (Wildman–Crippen MR) is 125 cm³/mol. The minimum atomic E-state index is -1.02. The van der Waals surface area contributed by atoms with Gasteiger partial charge in [0.15, 0.2) is 0 Å². The molecule has 0 spiro atoms. The van der Waals surface area contributed by atoms with Gasteiger partial charge in [-0.05, 0) is 46.4 Å². The van der Waals surface area contributed by atoms with Crippen LogP contribution in [0.3, 0.4) is 0 Å². The van der Waals surface area contributed by atoms with Gasteiger partial charge in [-0.1, -0.05) is 60.7 Å². The van der Waals surface area contributed by atoms with Gasteiger partial charge in [-0.2, -0.15) is 0 Å². The molecular weight excluding hydrogens is 432 g/mol. The summed E-state index contributed by atoms with van der Waals surface area (Å²) >= 11 is 0. The Hall–Kier alpha value is -4.13. The first-order valence-corrected chi connectivity index (χ1v) is 11.2. The highest BCUT2D eigenvalue weighted by molar-refractivity contribution is 5.91. The van der Waals surface area contributed by atoms with Crippen LogP contribution in [0.15, 0.2) is 66.7 Å². The SMILES string of the molecule is C[C@@H](NC(=O)OCC1c2ccccc2-c2ccccc21)C(=O)N1Cc2cccc(C(=O)O)c2C1. The van der Waals surface area contributed by atoms with Crippen molar-refractivity contribution in [1.82, 2.24) is 10.2 Å². The summed E-state index contributed by atoms with van der Waals surface area (Å²) in [6.45, 7) is 2.28. The minimum absolute atomic E-state index is 0.0633. The maximum Gasteiger partial charge on any atom is 0.407 e. The summed E-state index contributed by atoms with van der Waals surface area (Å²) < 4.78 is 5.54. The molecule has 1 aliphatic heterocycles. The molecule has 1 heterocycles. The van der Waals surface area contributed by atoms with Crippen molar-refractivity contribution in [2.75, 3.05) is 6.61 Å². The highest BCUT2D eigenvalue weighted by Crippen LogP contribution is 2.44. The molecule has 0 saturated heterocycles. The highest BCUT2D eigenvalue weighted by atomic mass is 16.5. The second-order valence-corrected chi connectivity index (χ2v) is 8.63. The smallest absolute Gasteiger partial charge is 0.407 e. The fourth-order valence-electron chi connectivity index (χ4n) is 4.93. The lowest BCUT2D eigenvalue weighted by Gasteiger charge is -2.21. The number of nitrogens with zero attached hydrogens (tertiary/aromatic N) is 1. The molecule has 2 N–H and O–H groups in total. The van der Waals surface area contributed by atoms with Crippen LogP contribution >= 0.6 is 0 Å². The summed E-state index contributed by atoms with van der Waals surface area (Å²) in [5.74, 6) is -1.37. The molecule has 2 amide bonds. The van der Waals surface area contributed by atoms with Gasteiger partial charge in [-0.15, -0.1) is 0 Å². The molecule has 5 rings (SSSR count). The van der Waals surface area contributed by atoms with Gasteiger partial charge in [0.05, 0.1) is 5.56 Å². The van der Waals surface area contributed by atoms with Crippen molar-refractivity contribution in [2.45, 2.75) is 32.0 Å². The number of amides is 2. The van der Waals surface area contributed by atoms with Crippen LogP contribution in [-0.2, 0) is 22.6 Å². The lowest BCUT2D eigenvalue weighted by atomic mass is 9.98. The Labute approximate surface area is 197 Å². The van der Waals surface area contributed by atoms with E-state index in [0.717, 1.165) is 27.8 Å². The van der Waals surface area contributed by atoms with Crippen LogP contribution in [-0.4, -0.2) is 40.6 Å². The van der Waals surface area contributed by atoms with Crippen molar-refractivity contribution < 1.29 is 24.2 Å². The van der Waals surface area contributed by atoms with E-state index < -0.39 is 18.1 Å². The zero-order valence-corrected chi connectivity index (χ0v) is 18.7. The van der Waals surface area contributed by atoms with Gasteiger partial charge >= 0.3 is 12.1 Å². The van der Waals surface area contributed by atoms with E-state index in [2.05, 4.69) is 17.4 Å². The van der Waals surface area contributed by atoms with E-state index >= 15 is 0 Å². The molecule has 1 aliphatic carbocycles. The Balaban J connectivity index is 1.21. The average molecular weight is 456 g/mol. The van der Waals surface area contributed by atoms with Gasteiger partial charge in [0.25, 0.3) is 0 Å². The second-order valence-electron chi connectivity index (χ2n) is 8.63. The number of carboxylic acid groups (broad SMARTS) is 1. The third-order valence-corrected chi connectivity index (χ3v) is 6.57. The monoisotopic (exact) mass is 456 g/mol. The Morgan fingerprint density at radius 3 is 2.26 bits per heavy atom. The van der Waals surface area contributed by atoms with Crippen molar-refractivity contribution >= 4 is 18.0 Å². The van der Waals surface area contributed by atoms with Crippen LogP contribution in [0.5, 0.6) is 0 Å². The quantitative estimate of drug-likeness (QED) is 0.601. The summed E-state index contributed by atoms with van der Waals surface area (Å²) in [5, 5.41) is 12.0. The zero-order valence-electron chi connectivity index (χ0n) is 18.7. The van der Waals surface area contributed by atoms with E-state index in [0.29, 0.717) is 12.1 Å². The molecule has 7 heteroatoms. The zero-order chi connectivity index (χ0) is 23.8. The van der Waals surface area contributed by atoms with Crippen LogP contribution in [0, 0.1) is 0 Å². The number of alkyl carbamates (subject to hydrolysis) is 1. The van der Waals surface area contributed by atoms with Gasteiger partial charge < -0.3 is 20.1 Å². The lowest BCUT2D eigenvalue weighted by Crippen LogP contribution is -2.45. The van der Waals surface area contributed by atoms with E-state index in [1.807, 2.05) is 42.5 Å². The standard InChI is InChI=1S/C27H24N2O5/c1-16(25(30)29-13-17-7-6-12-22(26(31)32)23(17)14-29)28-27(33)34-15-24-20-10-4-2-8-18(20)19-9-3-5-11-21(19)24/h2-12,16,24H,13-15H2,1H3,(H,28,33)(H,31,32)/t16-/m1/s1. The maximum atomic E-state index is 12.9. The molecule has 0 saturated carbocycles. The van der Waals surface area contributed by atoms with E-state index in [9.17, 15) is 19.5 Å². The number of benzene rings is 3. The normalized spacial score (nSPS) is 14.7. The van der Waals surface area contributed by atoms with E-state index in [1.165, 1.54) is 6.07 Å². The van der Waals surface area contributed by atoms with Crippen molar-refractivity contribution in [3.8, 4) is 11.1 Å². The summed E-state index contributed by atoms with van der Waals surface area (Å²) in [6, 6.07) is 20.4. The fourth-order valence-corrected chi connectivity index (χ4v) is 4.93. The summed E-state index contributed by atoms with van der Waals surface area (Å²) in [5.41, 5.74) is 6.16. The Kier molecular flexibility index (Phi) is 5.53. The summed E-state index contributed by atoms with van der Waals surface area (Å²) in [6.07, 6.45) is -0.661. The van der Waals surface area contributed by atoms with Crippen molar-refractivity contribution in [3.63, 3.8) is 0 Å². The Bertz CT molecular complexity index is 1260. The lowest BCUT2D eigenvalue weighted by molar-refractivity contribution is -0.133. The number of fused-ring (bicyclic) bond motifs is 4. The fraction of sp³-hybridized carbons (Fsp3) is 0.222. The molecule has 34 heavy (non-hydrogen) atoms. The van der Waals surface area contributed by atoms with Crippen molar-refractivity contribution in [1.29, 1.82) is 0 Å². The molecule has 0 aromatic heterocycles. The number of carbonyl (C=O) groups is 3. The maximum absolute atomic E-state index is 12.9. The van der Waals surface area contributed by atoms with Crippen LogP contribution in [0.1, 0.15) is 45.5 Å². The number of rotatable bonds is 5. The van der Waals surface area contributed by atoms with Gasteiger partial charge in [-0.3, -0.25) is 4.79 Å². The molecule has 7 nitrogen and oxygen atoms in total. The molecule has 2 aliphatic rings. The number of hydrogen-bond acceptors (Lipinski definition) is 4. The third kappa shape index (κ3) is 3.79. The largest absolute Gasteiger partial charge is 0.478 e. The first-order valence-electron chi connectivity index (χ1n) is 11.2. The molecule has 3 aromatic rings. The molecule has 0 radical (unpaired) electrons. The Morgan fingerprint density at radius 2 is 1.62 bits per heavy atom. The van der Waals surface area contributed by atoms with Crippen molar-refractivity contribution in [2.24, 2.45) is 0 Å². The van der Waals surface area contributed by atoms with Gasteiger partial charge in [0.2, 0.25) is 5.91 Å². The summed E-state index contributed by atoms with van der Waals surface area (Å²) in [4.78, 5) is 38.5. The number of aromatic carboxylic acids is 1. The molecule has 172 valence electrons. The number of carboxylic acids is 1. The van der Waals surface area contributed by atoms with Gasteiger partial charge in [0.1, 0.15) is 12.6 Å². The highest BCUT2D eigenvalue weighted by Gasteiger charge is 2.32. The number of hydrogen-bond donors (Lipinski definition) is 2. The average Bonchev–Trinajstić information content (AvgIpc) is 3.41. The van der Waals surface area contributed by atoms with Crippen molar-refractivity contribution in [3.05, 3.63) is 94.5 Å². The number of carbonyl (C=O) groups excluding carboxylic acids is 2. The Morgan fingerprint density at radius 1 is 0.971 bits per heavy atom. The molecule has 0 fully saturated rings. The summed E-state index contributed by atoms with van der Waals surface area (Å²) in [7, 11) is 0. The first-order chi connectivity index (χ1) is 16.4. The van der Waals surface area contributed by atoms with Gasteiger partial charge in [0, 0.05) is 19.0 Å². The topological polar surface area (TPSA) is 95.9 Å². The van der Waals surface area contributed by atoms with E-state index in [4.69, 9.17) is 4.74 Å². The minimum Gasteiger partial charge on any atom is -0.478 e. The van der Waals surface area contributed by atoms with Crippen LogP contribution < -0.4 is 5.32 Å². The molecule has 0 unspecified atom stereocenters. The predicted octanol–water partition coefficient (Wildman–Crippen LogP) is 4.15. The van der Waals surface area contributed by atoms with Crippen LogP contribution in [0.25, 0.3) is 11.1 Å². The molecule has 3 aromatic carbocycles.